The number of carbonyl (C=O) groups excluding carboxylic acids is 1. The van der Waals surface area contributed by atoms with Crippen molar-refractivity contribution in [3.63, 3.8) is 0 Å². The first kappa shape index (κ1) is 24.2. The minimum atomic E-state index is -2.04. The highest BCUT2D eigenvalue weighted by atomic mass is 32.2. The number of fused-ring (bicyclic) bond motifs is 1. The van der Waals surface area contributed by atoms with Crippen molar-refractivity contribution in [3.05, 3.63) is 113 Å². The predicted molar refractivity (Wildman–Crippen MR) is 132 cm³/mol. The van der Waals surface area contributed by atoms with Crippen molar-refractivity contribution in [1.29, 1.82) is 0 Å². The molecule has 4 aromatic carbocycles. The van der Waals surface area contributed by atoms with Crippen molar-refractivity contribution in [2.75, 3.05) is 0 Å². The van der Waals surface area contributed by atoms with E-state index in [0.29, 0.717) is 12.2 Å². The molecule has 0 radical (unpaired) electrons. The Morgan fingerprint density at radius 1 is 0.848 bits per heavy atom. The van der Waals surface area contributed by atoms with E-state index in [9.17, 15) is 9.00 Å². The predicted octanol–water partition coefficient (Wildman–Crippen LogP) is 6.71. The van der Waals surface area contributed by atoms with Crippen LogP contribution >= 0.6 is 0 Å². The van der Waals surface area contributed by atoms with Crippen LogP contribution in [0.4, 0.5) is 0 Å². The lowest BCUT2D eigenvalue weighted by atomic mass is 9.94. The largest absolute Gasteiger partial charge is 0.545 e. The molecule has 4 aromatic rings. The molecule has 4 rings (SSSR count). The zero-order valence-corrected chi connectivity index (χ0v) is 19.6. The molecule has 0 heterocycles. The third-order valence-electron chi connectivity index (χ3n) is 5.23. The van der Waals surface area contributed by atoms with Crippen LogP contribution in [0.5, 0.6) is 5.75 Å². The first-order valence-corrected chi connectivity index (χ1v) is 11.5. The summed E-state index contributed by atoms with van der Waals surface area (Å²) in [4.78, 5) is 12.2. The van der Waals surface area contributed by atoms with Crippen molar-refractivity contribution in [1.82, 2.24) is 0 Å². The Morgan fingerprint density at radius 3 is 2.09 bits per heavy atom. The van der Waals surface area contributed by atoms with Crippen LogP contribution in [0.15, 0.2) is 89.5 Å². The smallest absolute Gasteiger partial charge is 0.167 e. The van der Waals surface area contributed by atoms with Gasteiger partial charge in [0.25, 0.3) is 0 Å². The molecular formula is C27H26NO4S-. The van der Waals surface area contributed by atoms with Crippen molar-refractivity contribution < 1.29 is 18.4 Å². The first-order valence-electron chi connectivity index (χ1n) is 10.5. The summed E-state index contributed by atoms with van der Waals surface area (Å²) in [6.07, 6.45) is 0.488. The Morgan fingerprint density at radius 2 is 1.45 bits per heavy atom. The first-order chi connectivity index (χ1) is 15.9. The molecule has 0 aliphatic heterocycles. The van der Waals surface area contributed by atoms with E-state index in [2.05, 4.69) is 37.4 Å². The van der Waals surface area contributed by atoms with Crippen molar-refractivity contribution in [3.8, 4) is 5.75 Å². The molecule has 6 heteroatoms. The summed E-state index contributed by atoms with van der Waals surface area (Å²) in [5.41, 5.74) is 5.61. The van der Waals surface area contributed by atoms with Gasteiger partial charge in [-0.25, -0.2) is 4.53 Å². The average molecular weight is 461 g/mol. The van der Waals surface area contributed by atoms with Crippen LogP contribution in [0.25, 0.3) is 10.8 Å². The molecule has 0 saturated carbocycles. The van der Waals surface area contributed by atoms with Crippen molar-refractivity contribution in [2.24, 2.45) is 4.53 Å². The summed E-state index contributed by atoms with van der Waals surface area (Å²) < 4.78 is 18.1. The van der Waals surface area contributed by atoms with E-state index in [-0.39, 0.29) is 5.78 Å². The maximum absolute atomic E-state index is 12.2. The fourth-order valence-corrected chi connectivity index (χ4v) is 4.00. The molecular weight excluding hydrogens is 434 g/mol. The number of carbonyl (C=O) groups is 1. The normalized spacial score (nSPS) is 11.5. The second-order valence-electron chi connectivity index (χ2n) is 7.73. The molecule has 0 amide bonds. The monoisotopic (exact) mass is 460 g/mol. The van der Waals surface area contributed by atoms with Gasteiger partial charge in [0.15, 0.2) is 5.78 Å². The summed E-state index contributed by atoms with van der Waals surface area (Å²) >= 11 is 0. The Labute approximate surface area is 196 Å². The second kappa shape index (κ2) is 11.4. The molecule has 0 fully saturated rings. The van der Waals surface area contributed by atoms with Crippen LogP contribution in [-0.4, -0.2) is 11.0 Å². The average Bonchev–Trinajstić information content (AvgIpc) is 2.82. The number of aryl methyl sites for hydroxylation is 3. The lowest BCUT2D eigenvalue weighted by Gasteiger charge is -2.10. The van der Waals surface area contributed by atoms with Crippen molar-refractivity contribution in [2.45, 2.75) is 27.2 Å². The number of Topliss-reactive ketones (excluding diaryl/α,β-unsaturated/α-hetero) is 1. The Kier molecular flexibility index (Phi) is 8.35. The summed E-state index contributed by atoms with van der Waals surface area (Å²) in [5, 5.41) is 10.3. The van der Waals surface area contributed by atoms with Gasteiger partial charge < -0.3 is 8.39 Å². The van der Waals surface area contributed by atoms with Crippen LogP contribution in [0, 0.1) is 20.8 Å². The minimum absolute atomic E-state index is 0.186. The summed E-state index contributed by atoms with van der Waals surface area (Å²) in [6.45, 7) is 6.24. The standard InChI is InChI=1S/C17H18O.C10H8NO3S/c1-12-9-13(2)16(14(3)10-12)11-17(18)15-7-5-4-6-8-15;12-11-15(13)14-10-6-5-8-3-1-2-4-9(8)7-10/h4-10H,11H2,1-3H3;1-7,12H/q;-1. The van der Waals surface area contributed by atoms with E-state index in [1.54, 1.807) is 12.1 Å². The van der Waals surface area contributed by atoms with E-state index in [4.69, 9.17) is 9.39 Å². The topological polar surface area (TPSA) is 76.0 Å². The number of nitrogens with zero attached hydrogens (tertiary/aromatic N) is 1. The van der Waals surface area contributed by atoms with Gasteiger partial charge in [-0.15, -0.1) is 0 Å². The number of ketones is 1. The van der Waals surface area contributed by atoms with E-state index in [1.807, 2.05) is 60.7 Å². The van der Waals surface area contributed by atoms with E-state index in [0.717, 1.165) is 21.9 Å². The molecule has 0 aromatic heterocycles. The van der Waals surface area contributed by atoms with Crippen LogP contribution in [0.1, 0.15) is 32.6 Å². The van der Waals surface area contributed by atoms with Crippen LogP contribution < -0.4 is 4.18 Å². The maximum atomic E-state index is 12.2. The fourth-order valence-electron chi connectivity index (χ4n) is 3.69. The highest BCUT2D eigenvalue weighted by molar-refractivity contribution is 7.69. The molecule has 0 aliphatic rings. The van der Waals surface area contributed by atoms with E-state index < -0.39 is 10.9 Å². The van der Waals surface area contributed by atoms with Crippen molar-refractivity contribution >= 4 is 27.4 Å². The molecule has 170 valence electrons. The molecule has 5 nitrogen and oxygen atoms in total. The zero-order chi connectivity index (χ0) is 23.8. The summed E-state index contributed by atoms with van der Waals surface area (Å²) in [7, 11) is -2.04. The number of rotatable bonds is 5. The summed E-state index contributed by atoms with van der Waals surface area (Å²) in [5.74, 6) is 0.593. The molecule has 33 heavy (non-hydrogen) atoms. The number of hydrogen-bond donors (Lipinski definition) is 1. The minimum Gasteiger partial charge on any atom is -0.545 e. The Bertz CT molecular complexity index is 1320. The highest BCUT2D eigenvalue weighted by Gasteiger charge is 2.11. The van der Waals surface area contributed by atoms with Gasteiger partial charge in [-0.1, -0.05) is 78.4 Å². The van der Waals surface area contributed by atoms with Gasteiger partial charge in [0.05, 0.1) is 0 Å². The third kappa shape index (κ3) is 6.75. The van der Waals surface area contributed by atoms with Gasteiger partial charge in [0.1, 0.15) is 5.75 Å². The lowest BCUT2D eigenvalue weighted by molar-refractivity contribution is 0.0992. The zero-order valence-electron chi connectivity index (χ0n) is 18.8. The molecule has 0 spiro atoms. The Balaban J connectivity index is 0.000000189. The SMILES string of the molecule is Cc1cc(C)c(CC(=O)c2ccccc2)c(C)c1.O=[S-](=NO)Oc1ccc2ccccc2c1. The van der Waals surface area contributed by atoms with Gasteiger partial charge in [0.2, 0.25) is 0 Å². The number of hydrogen-bond acceptors (Lipinski definition) is 5. The maximum Gasteiger partial charge on any atom is 0.167 e. The lowest BCUT2D eigenvalue weighted by Crippen LogP contribution is -2.06. The van der Waals surface area contributed by atoms with Crippen LogP contribution in [0.2, 0.25) is 0 Å². The van der Waals surface area contributed by atoms with Gasteiger partial charge in [-0.3, -0.25) is 10.0 Å². The Hall–Kier alpha value is -3.48. The number of benzene rings is 4. The quantitative estimate of drug-likeness (QED) is 0.204. The second-order valence-corrected chi connectivity index (χ2v) is 8.50. The van der Waals surface area contributed by atoms with Gasteiger partial charge in [-0.05, 0) is 60.4 Å². The molecule has 0 bridgehead atoms. The molecule has 0 atom stereocenters. The molecule has 0 unspecified atom stereocenters. The highest BCUT2D eigenvalue weighted by Crippen LogP contribution is 2.21. The van der Waals surface area contributed by atoms with Crippen LogP contribution in [-0.2, 0) is 21.5 Å². The van der Waals surface area contributed by atoms with Gasteiger partial charge >= 0.3 is 0 Å². The molecule has 1 N–H and O–H groups in total. The fraction of sp³-hybridized carbons (Fsp3) is 0.148. The van der Waals surface area contributed by atoms with Gasteiger partial charge in [0, 0.05) is 22.9 Å². The molecule has 0 saturated heterocycles. The van der Waals surface area contributed by atoms with E-state index >= 15 is 0 Å². The van der Waals surface area contributed by atoms with Crippen LogP contribution in [0.3, 0.4) is 0 Å². The van der Waals surface area contributed by atoms with Gasteiger partial charge in [-0.2, -0.15) is 0 Å². The third-order valence-corrected chi connectivity index (χ3v) is 5.70. The van der Waals surface area contributed by atoms with E-state index in [1.165, 1.54) is 16.7 Å². The molecule has 0 aliphatic carbocycles. The summed E-state index contributed by atoms with van der Waals surface area (Å²) in [6, 6.07) is 26.7.